The van der Waals surface area contributed by atoms with Crippen LogP contribution in [0.3, 0.4) is 0 Å². The average Bonchev–Trinajstić information content (AvgIpc) is 2.43. The van der Waals surface area contributed by atoms with Crippen molar-refractivity contribution in [2.75, 3.05) is 6.54 Å². The van der Waals surface area contributed by atoms with Gasteiger partial charge in [0.15, 0.2) is 0 Å². The molecule has 21 heavy (non-hydrogen) atoms. The van der Waals surface area contributed by atoms with Gasteiger partial charge < -0.3 is 5.32 Å². The first kappa shape index (κ1) is 16.6. The molecular weight excluding hydrogens is 279 g/mol. The van der Waals surface area contributed by atoms with Gasteiger partial charge in [-0.15, -0.1) is 0 Å². The van der Waals surface area contributed by atoms with Gasteiger partial charge in [-0.25, -0.2) is 0 Å². The molecule has 1 amide bonds. The Morgan fingerprint density at radius 2 is 2.10 bits per heavy atom. The van der Waals surface area contributed by atoms with Crippen molar-refractivity contribution in [3.63, 3.8) is 0 Å². The van der Waals surface area contributed by atoms with Crippen LogP contribution in [-0.4, -0.2) is 12.5 Å². The largest absolute Gasteiger partial charge is 0.416 e. The van der Waals surface area contributed by atoms with Gasteiger partial charge in [0.1, 0.15) is 0 Å². The molecule has 0 aliphatic heterocycles. The number of hydrogen-bond donors (Lipinski definition) is 1. The Labute approximate surface area is 121 Å². The van der Waals surface area contributed by atoms with E-state index in [1.807, 2.05) is 6.92 Å². The van der Waals surface area contributed by atoms with Crippen molar-refractivity contribution < 1.29 is 18.0 Å². The first-order valence-electron chi connectivity index (χ1n) is 6.17. The van der Waals surface area contributed by atoms with E-state index in [9.17, 15) is 18.0 Å². The number of alkyl halides is 3. The summed E-state index contributed by atoms with van der Waals surface area (Å²) in [5.74, 6) is 4.86. The molecule has 0 aromatic heterocycles. The number of amides is 1. The molecule has 0 aliphatic rings. The van der Waals surface area contributed by atoms with Crippen molar-refractivity contribution in [2.24, 2.45) is 0 Å². The summed E-state index contributed by atoms with van der Waals surface area (Å²) in [6.45, 7) is 1.89. The standard InChI is InChI=1S/C16H14F3NO/c1-2-3-4-10-15(21)20-11-6-8-13-7-5-9-14(12-13)16(17,18)19/h2-5,7,9-10,12H,11H2,1H3,(H,20,21)/b3-2+,10-4+. The third kappa shape index (κ3) is 6.48. The molecule has 0 saturated carbocycles. The molecule has 0 spiro atoms. The van der Waals surface area contributed by atoms with E-state index in [1.165, 1.54) is 18.2 Å². The summed E-state index contributed by atoms with van der Waals surface area (Å²) < 4.78 is 37.5. The Morgan fingerprint density at radius 3 is 2.76 bits per heavy atom. The van der Waals surface area contributed by atoms with Crippen LogP contribution in [0.4, 0.5) is 13.2 Å². The molecule has 0 bridgehead atoms. The third-order valence-electron chi connectivity index (χ3n) is 2.32. The highest BCUT2D eigenvalue weighted by molar-refractivity contribution is 5.87. The quantitative estimate of drug-likeness (QED) is 0.517. The Morgan fingerprint density at radius 1 is 1.33 bits per heavy atom. The zero-order chi connectivity index (χ0) is 15.7. The van der Waals surface area contributed by atoms with Gasteiger partial charge in [0.05, 0.1) is 12.1 Å². The van der Waals surface area contributed by atoms with Gasteiger partial charge in [-0.05, 0) is 25.1 Å². The average molecular weight is 293 g/mol. The maximum atomic E-state index is 12.5. The smallest absolute Gasteiger partial charge is 0.342 e. The van der Waals surface area contributed by atoms with Gasteiger partial charge in [-0.3, -0.25) is 4.79 Å². The number of hydrogen-bond acceptors (Lipinski definition) is 1. The maximum absolute atomic E-state index is 12.5. The first-order valence-corrected chi connectivity index (χ1v) is 6.17. The molecule has 1 N–H and O–H groups in total. The molecule has 2 nitrogen and oxygen atoms in total. The first-order chi connectivity index (χ1) is 9.93. The fourth-order valence-electron chi connectivity index (χ4n) is 1.36. The summed E-state index contributed by atoms with van der Waals surface area (Å²) in [7, 11) is 0. The summed E-state index contributed by atoms with van der Waals surface area (Å²) >= 11 is 0. The van der Waals surface area contributed by atoms with Gasteiger partial charge in [0.25, 0.3) is 0 Å². The molecule has 0 aliphatic carbocycles. The molecule has 110 valence electrons. The number of nitrogens with one attached hydrogen (secondary N) is 1. The molecule has 0 unspecified atom stereocenters. The monoisotopic (exact) mass is 293 g/mol. The molecule has 0 radical (unpaired) electrons. The van der Waals surface area contributed by atoms with E-state index in [0.29, 0.717) is 0 Å². The van der Waals surface area contributed by atoms with E-state index in [-0.39, 0.29) is 18.0 Å². The Balaban J connectivity index is 2.58. The van der Waals surface area contributed by atoms with Crippen LogP contribution in [0.25, 0.3) is 0 Å². The second kappa shape index (κ2) is 7.95. The number of carbonyl (C=O) groups excluding carboxylic acids is 1. The minimum atomic E-state index is -4.39. The fourth-order valence-corrected chi connectivity index (χ4v) is 1.36. The Hall–Kier alpha value is -2.48. The lowest BCUT2D eigenvalue weighted by atomic mass is 10.1. The summed E-state index contributed by atoms with van der Waals surface area (Å²) in [4.78, 5) is 11.3. The molecule has 0 heterocycles. The van der Waals surface area contributed by atoms with Crippen LogP contribution in [0.2, 0.25) is 0 Å². The molecular formula is C16H14F3NO. The van der Waals surface area contributed by atoms with Crippen molar-refractivity contribution in [3.8, 4) is 11.8 Å². The summed E-state index contributed by atoms with van der Waals surface area (Å²) in [5, 5.41) is 2.50. The van der Waals surface area contributed by atoms with Crippen LogP contribution in [0.15, 0.2) is 48.6 Å². The number of carbonyl (C=O) groups is 1. The summed E-state index contributed by atoms with van der Waals surface area (Å²) in [5.41, 5.74) is -0.490. The second-order valence-electron chi connectivity index (χ2n) is 3.98. The van der Waals surface area contributed by atoms with Crippen molar-refractivity contribution in [2.45, 2.75) is 13.1 Å². The van der Waals surface area contributed by atoms with Gasteiger partial charge in [0.2, 0.25) is 5.91 Å². The van der Waals surface area contributed by atoms with Crippen LogP contribution in [0, 0.1) is 11.8 Å². The minimum absolute atomic E-state index is 0.0647. The third-order valence-corrected chi connectivity index (χ3v) is 2.32. The fraction of sp³-hybridized carbons (Fsp3) is 0.188. The van der Waals surface area contributed by atoms with Crippen molar-refractivity contribution in [3.05, 3.63) is 59.7 Å². The van der Waals surface area contributed by atoms with Crippen molar-refractivity contribution in [1.82, 2.24) is 5.32 Å². The predicted octanol–water partition coefficient (Wildman–Crippen LogP) is 3.31. The van der Waals surface area contributed by atoms with Gasteiger partial charge >= 0.3 is 6.18 Å². The maximum Gasteiger partial charge on any atom is 0.416 e. The Bertz CT molecular complexity index is 604. The highest BCUT2D eigenvalue weighted by Gasteiger charge is 2.30. The Kier molecular flexibility index (Phi) is 6.28. The van der Waals surface area contributed by atoms with Gasteiger partial charge in [-0.1, -0.05) is 36.1 Å². The normalized spacial score (nSPS) is 11.4. The lowest BCUT2D eigenvalue weighted by molar-refractivity contribution is -0.137. The van der Waals surface area contributed by atoms with E-state index >= 15 is 0 Å². The van der Waals surface area contributed by atoms with Crippen LogP contribution in [0.1, 0.15) is 18.1 Å². The topological polar surface area (TPSA) is 29.1 Å². The highest BCUT2D eigenvalue weighted by Crippen LogP contribution is 2.29. The highest BCUT2D eigenvalue weighted by atomic mass is 19.4. The molecule has 1 aromatic rings. The minimum Gasteiger partial charge on any atom is -0.342 e. The van der Waals surface area contributed by atoms with Gasteiger partial charge in [-0.2, -0.15) is 13.2 Å². The summed E-state index contributed by atoms with van der Waals surface area (Å²) in [6, 6.07) is 4.74. The van der Waals surface area contributed by atoms with Crippen LogP contribution in [0.5, 0.6) is 0 Å². The molecule has 0 fully saturated rings. The van der Waals surface area contributed by atoms with Crippen LogP contribution in [-0.2, 0) is 11.0 Å². The molecule has 1 rings (SSSR count). The number of rotatable bonds is 3. The molecule has 0 atom stereocenters. The lowest BCUT2D eigenvalue weighted by Gasteiger charge is -2.05. The zero-order valence-electron chi connectivity index (χ0n) is 11.4. The zero-order valence-corrected chi connectivity index (χ0v) is 11.4. The number of benzene rings is 1. The van der Waals surface area contributed by atoms with Crippen LogP contribution >= 0.6 is 0 Å². The SMILES string of the molecule is C/C=C/C=C/C(=O)NCC#Cc1cccc(C(F)(F)F)c1. The molecule has 1 aromatic carbocycles. The lowest BCUT2D eigenvalue weighted by Crippen LogP contribution is -2.20. The van der Waals surface area contributed by atoms with E-state index in [0.717, 1.165) is 12.1 Å². The van der Waals surface area contributed by atoms with Crippen molar-refractivity contribution in [1.29, 1.82) is 0 Å². The van der Waals surface area contributed by atoms with Crippen molar-refractivity contribution >= 4 is 5.91 Å². The van der Waals surface area contributed by atoms with E-state index in [1.54, 1.807) is 18.2 Å². The molecule has 5 heteroatoms. The second-order valence-corrected chi connectivity index (χ2v) is 3.98. The molecule has 0 saturated heterocycles. The number of allylic oxidation sites excluding steroid dienone is 3. The van der Waals surface area contributed by atoms with E-state index in [2.05, 4.69) is 17.2 Å². The predicted molar refractivity (Wildman–Crippen MR) is 75.3 cm³/mol. The summed E-state index contributed by atoms with van der Waals surface area (Å²) in [6.07, 6.45) is 2.01. The van der Waals surface area contributed by atoms with Crippen LogP contribution < -0.4 is 5.32 Å². The number of halogens is 3. The van der Waals surface area contributed by atoms with E-state index < -0.39 is 11.7 Å². The van der Waals surface area contributed by atoms with Gasteiger partial charge in [0, 0.05) is 11.6 Å². The van der Waals surface area contributed by atoms with E-state index in [4.69, 9.17) is 0 Å².